The van der Waals surface area contributed by atoms with Gasteiger partial charge in [-0.1, -0.05) is 19.6 Å². The van der Waals surface area contributed by atoms with Gasteiger partial charge < -0.3 is 4.90 Å². The lowest BCUT2D eigenvalue weighted by atomic mass is 9.70. The minimum absolute atomic E-state index is 0.384. The molecule has 0 aromatic carbocycles. The van der Waals surface area contributed by atoms with E-state index in [9.17, 15) is 0 Å². The Balaban J connectivity index is 2.42. The van der Waals surface area contributed by atoms with Crippen LogP contribution in [0.4, 0.5) is 0 Å². The molecule has 0 N–H and O–H groups in total. The summed E-state index contributed by atoms with van der Waals surface area (Å²) < 4.78 is 0. The average Bonchev–Trinajstić information content (AvgIpc) is 1.96. The van der Waals surface area contributed by atoms with Crippen molar-refractivity contribution < 1.29 is 0 Å². The molecule has 1 aliphatic heterocycles. The smallest absolute Gasteiger partial charge is 0.0610 e. The highest BCUT2D eigenvalue weighted by molar-refractivity contribution is 5.25. The third-order valence-electron chi connectivity index (χ3n) is 3.38. The van der Waals surface area contributed by atoms with Crippen LogP contribution in [0.15, 0.2) is 17.0 Å². The molecule has 0 saturated carbocycles. The molecule has 1 aliphatic carbocycles. The molecule has 1 heterocycles. The Bertz CT molecular complexity index is 277. The highest BCUT2D eigenvalue weighted by Gasteiger charge is 2.38. The minimum atomic E-state index is 0.384. The largest absolute Gasteiger partial charge is 0.371 e. The first-order valence-electron chi connectivity index (χ1n) is 4.70. The predicted molar refractivity (Wildman–Crippen MR) is 50.7 cm³/mol. The van der Waals surface area contributed by atoms with Gasteiger partial charge in [-0.2, -0.15) is 0 Å². The normalized spacial score (nSPS) is 31.7. The average molecular weight is 163 g/mol. The molecular formula is C11H17N. The van der Waals surface area contributed by atoms with E-state index in [0.717, 1.165) is 5.92 Å². The van der Waals surface area contributed by atoms with Crippen LogP contribution < -0.4 is 0 Å². The van der Waals surface area contributed by atoms with E-state index in [4.69, 9.17) is 0 Å². The summed E-state index contributed by atoms with van der Waals surface area (Å²) in [6, 6.07) is 0. The van der Waals surface area contributed by atoms with Crippen molar-refractivity contribution in [2.75, 3.05) is 13.6 Å². The van der Waals surface area contributed by atoms with Crippen molar-refractivity contribution in [3.8, 4) is 0 Å². The lowest BCUT2D eigenvalue weighted by molar-refractivity contribution is 0.159. The van der Waals surface area contributed by atoms with Crippen LogP contribution in [0.2, 0.25) is 0 Å². The number of hydrogen-bond acceptors (Lipinski definition) is 1. The van der Waals surface area contributed by atoms with Gasteiger partial charge in [-0.15, -0.1) is 0 Å². The number of hydrogen-bond donors (Lipinski definition) is 0. The van der Waals surface area contributed by atoms with Crippen LogP contribution in [0.1, 0.15) is 27.2 Å². The third kappa shape index (κ3) is 0.931. The summed E-state index contributed by atoms with van der Waals surface area (Å²) in [4.78, 5) is 2.31. The van der Waals surface area contributed by atoms with E-state index in [1.165, 1.54) is 24.2 Å². The summed E-state index contributed by atoms with van der Waals surface area (Å²) in [6.07, 6.45) is 1.31. The second-order valence-corrected chi connectivity index (χ2v) is 4.80. The van der Waals surface area contributed by atoms with Crippen molar-refractivity contribution in [1.82, 2.24) is 4.90 Å². The second-order valence-electron chi connectivity index (χ2n) is 4.80. The number of likely N-dealkylation sites (tertiary alicyclic amines) is 1. The zero-order valence-corrected chi connectivity index (χ0v) is 8.44. The van der Waals surface area contributed by atoms with Crippen LogP contribution in [0.3, 0.4) is 0 Å². The highest BCUT2D eigenvalue weighted by atomic mass is 15.2. The molecule has 0 aromatic heterocycles. The van der Waals surface area contributed by atoms with E-state index in [2.05, 4.69) is 38.5 Å². The number of fused-ring (bicyclic) bond motifs is 1. The van der Waals surface area contributed by atoms with Crippen LogP contribution in [-0.4, -0.2) is 18.5 Å². The molecule has 2 rings (SSSR count). The van der Waals surface area contributed by atoms with Crippen molar-refractivity contribution in [1.29, 1.82) is 0 Å². The molecule has 1 saturated heterocycles. The fourth-order valence-electron chi connectivity index (χ4n) is 2.20. The fraction of sp³-hybridized carbons (Fsp3) is 0.727. The van der Waals surface area contributed by atoms with E-state index in [1.807, 2.05) is 0 Å². The van der Waals surface area contributed by atoms with Gasteiger partial charge in [0.25, 0.3) is 0 Å². The van der Waals surface area contributed by atoms with Gasteiger partial charge in [0.05, 0.1) is 5.70 Å². The van der Waals surface area contributed by atoms with Gasteiger partial charge in [0.2, 0.25) is 0 Å². The summed E-state index contributed by atoms with van der Waals surface area (Å²) in [5.74, 6) is 0.800. The van der Waals surface area contributed by atoms with Gasteiger partial charge in [0.1, 0.15) is 0 Å². The SMILES string of the molecule is CC1=C=C2C(CN2C)CC1(C)C. The van der Waals surface area contributed by atoms with Gasteiger partial charge >= 0.3 is 0 Å². The van der Waals surface area contributed by atoms with Crippen molar-refractivity contribution in [2.24, 2.45) is 11.3 Å². The van der Waals surface area contributed by atoms with Crippen molar-refractivity contribution >= 4 is 0 Å². The topological polar surface area (TPSA) is 3.24 Å². The maximum Gasteiger partial charge on any atom is 0.0610 e. The monoisotopic (exact) mass is 163 g/mol. The van der Waals surface area contributed by atoms with Crippen molar-refractivity contribution in [2.45, 2.75) is 27.2 Å². The Labute approximate surface area is 74.8 Å². The van der Waals surface area contributed by atoms with Crippen LogP contribution in [0, 0.1) is 11.3 Å². The molecule has 2 aliphatic rings. The zero-order chi connectivity index (χ0) is 8.93. The summed E-state index contributed by atoms with van der Waals surface area (Å²) in [5.41, 5.74) is 6.75. The lowest BCUT2D eigenvalue weighted by Gasteiger charge is -2.46. The third-order valence-corrected chi connectivity index (χ3v) is 3.38. The fourth-order valence-corrected chi connectivity index (χ4v) is 2.20. The first-order chi connectivity index (χ1) is 5.50. The van der Waals surface area contributed by atoms with Crippen LogP contribution in [0.25, 0.3) is 0 Å². The van der Waals surface area contributed by atoms with E-state index in [1.54, 1.807) is 0 Å². The first kappa shape index (κ1) is 7.94. The number of nitrogens with zero attached hydrogens (tertiary/aromatic N) is 1. The Kier molecular flexibility index (Phi) is 1.44. The van der Waals surface area contributed by atoms with E-state index in [-0.39, 0.29) is 0 Å². The predicted octanol–water partition coefficient (Wildman–Crippen LogP) is 2.41. The van der Waals surface area contributed by atoms with Crippen molar-refractivity contribution in [3.63, 3.8) is 0 Å². The van der Waals surface area contributed by atoms with E-state index in [0.29, 0.717) is 5.41 Å². The van der Waals surface area contributed by atoms with Gasteiger partial charge in [0, 0.05) is 19.5 Å². The standard InChI is InChI=1S/C11H17N/c1-8-5-10-9(7-12(10)4)6-11(8,2)3/h9H,6-7H2,1-4H3. The molecule has 0 amide bonds. The summed E-state index contributed by atoms with van der Waals surface area (Å²) in [6.45, 7) is 8.09. The molecular weight excluding hydrogens is 146 g/mol. The van der Waals surface area contributed by atoms with Gasteiger partial charge in [-0.25, -0.2) is 0 Å². The van der Waals surface area contributed by atoms with Gasteiger partial charge in [0.15, 0.2) is 0 Å². The Hall–Kier alpha value is -0.680. The number of rotatable bonds is 0. The van der Waals surface area contributed by atoms with E-state index < -0.39 is 0 Å². The van der Waals surface area contributed by atoms with Crippen LogP contribution in [-0.2, 0) is 0 Å². The Morgan fingerprint density at radius 3 is 2.75 bits per heavy atom. The molecule has 0 aromatic rings. The van der Waals surface area contributed by atoms with Gasteiger partial charge in [-0.05, 0) is 24.3 Å². The van der Waals surface area contributed by atoms with Crippen molar-refractivity contribution in [3.05, 3.63) is 17.0 Å². The Morgan fingerprint density at radius 1 is 1.50 bits per heavy atom. The van der Waals surface area contributed by atoms with Gasteiger partial charge in [-0.3, -0.25) is 0 Å². The summed E-state index contributed by atoms with van der Waals surface area (Å²) in [5, 5.41) is 0. The molecule has 0 spiro atoms. The molecule has 1 atom stereocenters. The molecule has 1 unspecified atom stereocenters. The summed E-state index contributed by atoms with van der Waals surface area (Å²) in [7, 11) is 2.16. The highest BCUT2D eigenvalue weighted by Crippen LogP contribution is 2.44. The second kappa shape index (κ2) is 2.17. The Morgan fingerprint density at radius 2 is 2.17 bits per heavy atom. The van der Waals surface area contributed by atoms with Crippen LogP contribution in [0.5, 0.6) is 0 Å². The minimum Gasteiger partial charge on any atom is -0.371 e. The zero-order valence-electron chi connectivity index (χ0n) is 8.44. The molecule has 12 heavy (non-hydrogen) atoms. The van der Waals surface area contributed by atoms with E-state index >= 15 is 0 Å². The molecule has 66 valence electrons. The maximum atomic E-state index is 3.52. The molecule has 1 heteroatoms. The maximum absolute atomic E-state index is 3.52. The molecule has 1 nitrogen and oxygen atoms in total. The molecule has 0 bridgehead atoms. The molecule has 0 radical (unpaired) electrons. The quantitative estimate of drug-likeness (QED) is 0.496. The first-order valence-corrected chi connectivity index (χ1v) is 4.70. The lowest BCUT2D eigenvalue weighted by Crippen LogP contribution is -2.44. The summed E-state index contributed by atoms with van der Waals surface area (Å²) >= 11 is 0. The van der Waals surface area contributed by atoms with Crippen LogP contribution >= 0.6 is 0 Å². The molecule has 1 fully saturated rings.